The van der Waals surface area contributed by atoms with Crippen LogP contribution in [0.2, 0.25) is 0 Å². The van der Waals surface area contributed by atoms with Gasteiger partial charge in [-0.1, -0.05) is 6.07 Å². The van der Waals surface area contributed by atoms with Gasteiger partial charge in [-0.05, 0) is 12.1 Å². The lowest BCUT2D eigenvalue weighted by molar-refractivity contribution is -0.120. The Balaban J connectivity index is 1.88. The van der Waals surface area contributed by atoms with Gasteiger partial charge in [0.2, 0.25) is 5.91 Å². The molecule has 1 aromatic rings. The minimum atomic E-state index is -0.304. The fraction of sp³-hybridized carbons (Fsp3) is 0.500. The molecule has 1 unspecified atom stereocenters. The molecule has 1 aliphatic heterocycles. The Kier molecular flexibility index (Phi) is 5.79. The Bertz CT molecular complexity index is 433. The van der Waals surface area contributed by atoms with Gasteiger partial charge in [0, 0.05) is 25.4 Å². The predicted molar refractivity (Wildman–Crippen MR) is 75.1 cm³/mol. The van der Waals surface area contributed by atoms with Crippen LogP contribution in [0, 0.1) is 0 Å². The minimum Gasteiger partial charge on any atom is -0.491 e. The highest BCUT2D eigenvalue weighted by Gasteiger charge is 2.21. The summed E-state index contributed by atoms with van der Waals surface area (Å²) in [5, 5.41) is 5.96. The maximum absolute atomic E-state index is 12.0. The van der Waals surface area contributed by atoms with Gasteiger partial charge in [-0.25, -0.2) is 0 Å². The van der Waals surface area contributed by atoms with E-state index in [9.17, 15) is 4.79 Å². The van der Waals surface area contributed by atoms with Gasteiger partial charge in [0.25, 0.3) is 0 Å². The summed E-state index contributed by atoms with van der Waals surface area (Å²) in [7, 11) is 1.62. The number of carbonyl (C=O) groups excluding carboxylic acids is 1. The van der Waals surface area contributed by atoms with E-state index in [1.807, 2.05) is 18.2 Å². The first-order valence-corrected chi connectivity index (χ1v) is 6.63. The fourth-order valence-corrected chi connectivity index (χ4v) is 1.87. The average Bonchev–Trinajstić information content (AvgIpc) is 2.49. The molecule has 0 aromatic heterocycles. The molecule has 20 heavy (non-hydrogen) atoms. The van der Waals surface area contributed by atoms with Crippen LogP contribution >= 0.6 is 0 Å². The molecule has 1 amide bonds. The molecule has 1 saturated heterocycles. The summed E-state index contributed by atoms with van der Waals surface area (Å²) < 4.78 is 15.7. The van der Waals surface area contributed by atoms with E-state index in [-0.39, 0.29) is 11.9 Å². The Labute approximate surface area is 118 Å². The van der Waals surface area contributed by atoms with Crippen molar-refractivity contribution in [3.05, 3.63) is 24.3 Å². The number of amides is 1. The summed E-state index contributed by atoms with van der Waals surface area (Å²) >= 11 is 0. The zero-order valence-electron chi connectivity index (χ0n) is 11.6. The van der Waals surface area contributed by atoms with Gasteiger partial charge in [-0.15, -0.1) is 0 Å². The zero-order chi connectivity index (χ0) is 14.2. The molecule has 6 heteroatoms. The van der Waals surface area contributed by atoms with Gasteiger partial charge in [0.15, 0.2) is 0 Å². The van der Waals surface area contributed by atoms with Crippen LogP contribution in [-0.2, 0) is 14.3 Å². The van der Waals surface area contributed by atoms with Crippen LogP contribution in [0.3, 0.4) is 0 Å². The summed E-state index contributed by atoms with van der Waals surface area (Å²) in [5.41, 5.74) is 0.706. The standard InChI is InChI=1S/C14H20N2O4/c1-18-7-8-20-12-4-2-3-11(9-12)16-14(17)13-10-19-6-5-15-13/h2-4,9,13,15H,5-8,10H2,1H3,(H,16,17). The Morgan fingerprint density at radius 2 is 2.40 bits per heavy atom. The van der Waals surface area contributed by atoms with Crippen molar-refractivity contribution in [3.63, 3.8) is 0 Å². The molecule has 1 aliphatic rings. The van der Waals surface area contributed by atoms with E-state index in [0.717, 1.165) is 0 Å². The Morgan fingerprint density at radius 1 is 1.50 bits per heavy atom. The van der Waals surface area contributed by atoms with Crippen LogP contribution in [0.25, 0.3) is 0 Å². The molecule has 2 N–H and O–H groups in total. The third-order valence-corrected chi connectivity index (χ3v) is 2.90. The van der Waals surface area contributed by atoms with Gasteiger partial charge in [0.05, 0.1) is 19.8 Å². The molecule has 0 bridgehead atoms. The van der Waals surface area contributed by atoms with Crippen molar-refractivity contribution >= 4 is 11.6 Å². The second-order valence-electron chi connectivity index (χ2n) is 4.44. The molecule has 0 aliphatic carbocycles. The van der Waals surface area contributed by atoms with Crippen molar-refractivity contribution in [1.82, 2.24) is 5.32 Å². The molecule has 110 valence electrons. The molecule has 0 saturated carbocycles. The second kappa shape index (κ2) is 7.84. The highest BCUT2D eigenvalue weighted by Crippen LogP contribution is 2.17. The average molecular weight is 280 g/mol. The van der Waals surface area contributed by atoms with Crippen LogP contribution in [0.15, 0.2) is 24.3 Å². The van der Waals surface area contributed by atoms with E-state index in [2.05, 4.69) is 10.6 Å². The lowest BCUT2D eigenvalue weighted by Crippen LogP contribution is -2.48. The molecule has 1 aromatic carbocycles. The topological polar surface area (TPSA) is 68.8 Å². The van der Waals surface area contributed by atoms with Gasteiger partial charge >= 0.3 is 0 Å². The van der Waals surface area contributed by atoms with E-state index >= 15 is 0 Å². The predicted octanol–water partition coefficient (Wildman–Crippen LogP) is 0.639. The quantitative estimate of drug-likeness (QED) is 0.748. The fourth-order valence-electron chi connectivity index (χ4n) is 1.87. The number of methoxy groups -OCH3 is 1. The summed E-state index contributed by atoms with van der Waals surface area (Å²) in [6.45, 7) is 2.74. The van der Waals surface area contributed by atoms with Crippen molar-refractivity contribution in [2.45, 2.75) is 6.04 Å². The molecule has 1 heterocycles. The molecule has 1 atom stereocenters. The summed E-state index contributed by atoms with van der Waals surface area (Å²) in [4.78, 5) is 12.0. The molecule has 2 rings (SSSR count). The molecule has 1 fully saturated rings. The number of benzene rings is 1. The minimum absolute atomic E-state index is 0.0984. The van der Waals surface area contributed by atoms with Crippen molar-refractivity contribution in [1.29, 1.82) is 0 Å². The smallest absolute Gasteiger partial charge is 0.243 e. The number of hydrogen-bond donors (Lipinski definition) is 2. The largest absolute Gasteiger partial charge is 0.491 e. The van der Waals surface area contributed by atoms with Crippen LogP contribution in [-0.4, -0.2) is 52.0 Å². The maximum atomic E-state index is 12.0. The molecule has 0 radical (unpaired) electrons. The van der Waals surface area contributed by atoms with Crippen molar-refractivity contribution in [2.75, 3.05) is 45.4 Å². The zero-order valence-corrected chi connectivity index (χ0v) is 11.6. The lowest BCUT2D eigenvalue weighted by Gasteiger charge is -2.23. The van der Waals surface area contributed by atoms with Crippen LogP contribution in [0.4, 0.5) is 5.69 Å². The first-order valence-electron chi connectivity index (χ1n) is 6.63. The Morgan fingerprint density at radius 3 is 3.15 bits per heavy atom. The third kappa shape index (κ3) is 4.48. The molecule has 6 nitrogen and oxygen atoms in total. The number of ether oxygens (including phenoxy) is 3. The van der Waals surface area contributed by atoms with Gasteiger partial charge in [-0.2, -0.15) is 0 Å². The van der Waals surface area contributed by atoms with E-state index in [1.54, 1.807) is 13.2 Å². The van der Waals surface area contributed by atoms with Crippen LogP contribution in [0.5, 0.6) is 5.75 Å². The number of hydrogen-bond acceptors (Lipinski definition) is 5. The number of rotatable bonds is 6. The van der Waals surface area contributed by atoms with Crippen LogP contribution in [0.1, 0.15) is 0 Å². The lowest BCUT2D eigenvalue weighted by atomic mass is 10.2. The summed E-state index contributed by atoms with van der Waals surface area (Å²) in [6, 6.07) is 6.99. The highest BCUT2D eigenvalue weighted by atomic mass is 16.5. The van der Waals surface area contributed by atoms with Gasteiger partial charge < -0.3 is 24.8 Å². The number of nitrogens with one attached hydrogen (secondary N) is 2. The van der Waals surface area contributed by atoms with Crippen LogP contribution < -0.4 is 15.4 Å². The first kappa shape index (κ1) is 14.8. The molecule has 0 spiro atoms. The molecular formula is C14H20N2O4. The maximum Gasteiger partial charge on any atom is 0.243 e. The second-order valence-corrected chi connectivity index (χ2v) is 4.44. The SMILES string of the molecule is COCCOc1cccc(NC(=O)C2COCCN2)c1. The number of anilines is 1. The van der Waals surface area contributed by atoms with Crippen molar-refractivity contribution < 1.29 is 19.0 Å². The monoisotopic (exact) mass is 280 g/mol. The van der Waals surface area contributed by atoms with E-state index in [1.165, 1.54) is 0 Å². The summed E-state index contributed by atoms with van der Waals surface area (Å²) in [6.07, 6.45) is 0. The van der Waals surface area contributed by atoms with Gasteiger partial charge in [0.1, 0.15) is 18.4 Å². The van der Waals surface area contributed by atoms with E-state index < -0.39 is 0 Å². The van der Waals surface area contributed by atoms with Crippen molar-refractivity contribution in [3.8, 4) is 5.75 Å². The number of carbonyl (C=O) groups is 1. The normalized spacial score (nSPS) is 18.6. The van der Waals surface area contributed by atoms with E-state index in [4.69, 9.17) is 14.2 Å². The van der Waals surface area contributed by atoms with Crippen molar-refractivity contribution in [2.24, 2.45) is 0 Å². The number of morpholine rings is 1. The Hall–Kier alpha value is -1.63. The third-order valence-electron chi connectivity index (χ3n) is 2.90. The first-order chi connectivity index (χ1) is 9.79. The summed E-state index contributed by atoms with van der Waals surface area (Å²) in [5.74, 6) is 0.603. The van der Waals surface area contributed by atoms with E-state index in [0.29, 0.717) is 44.4 Å². The molecular weight excluding hydrogens is 260 g/mol. The highest BCUT2D eigenvalue weighted by molar-refractivity contribution is 5.95. The van der Waals surface area contributed by atoms with Gasteiger partial charge in [-0.3, -0.25) is 4.79 Å².